The van der Waals surface area contributed by atoms with E-state index in [1.165, 1.54) is 4.90 Å². The lowest BCUT2D eigenvalue weighted by atomic mass is 9.74. The molecule has 0 bridgehead atoms. The summed E-state index contributed by atoms with van der Waals surface area (Å²) in [6.45, 7) is 15.1. The van der Waals surface area contributed by atoms with Crippen LogP contribution >= 0.6 is 0 Å². The minimum Gasteiger partial charge on any atom is -0.494 e. The van der Waals surface area contributed by atoms with Gasteiger partial charge in [0.25, 0.3) is 0 Å². The van der Waals surface area contributed by atoms with E-state index in [2.05, 4.69) is 34.6 Å². The molecule has 6 atom stereocenters. The van der Waals surface area contributed by atoms with Gasteiger partial charge in [0, 0.05) is 24.3 Å². The summed E-state index contributed by atoms with van der Waals surface area (Å²) in [5, 5.41) is 10.9. The van der Waals surface area contributed by atoms with E-state index in [4.69, 9.17) is 9.47 Å². The number of rotatable bonds is 8. The molecule has 2 saturated heterocycles. The molecule has 9 nitrogen and oxygen atoms in total. The van der Waals surface area contributed by atoms with Crippen LogP contribution in [0.1, 0.15) is 66.5 Å². The summed E-state index contributed by atoms with van der Waals surface area (Å²) in [4.78, 5) is 50.1. The number of hydrogen-bond acceptors (Lipinski definition) is 6. The van der Waals surface area contributed by atoms with Crippen molar-refractivity contribution >= 4 is 23.4 Å². The van der Waals surface area contributed by atoms with Crippen LogP contribution in [0.2, 0.25) is 0 Å². The van der Waals surface area contributed by atoms with E-state index in [1.807, 2.05) is 97.6 Å². The van der Waals surface area contributed by atoms with Crippen LogP contribution in [0.4, 0.5) is 5.69 Å². The third kappa shape index (κ3) is 5.54. The fraction of sp³-hybridized carbons (Fsp3) is 0.513. The van der Waals surface area contributed by atoms with Crippen molar-refractivity contribution in [3.8, 4) is 5.75 Å². The maximum Gasteiger partial charge on any atom is 0.249 e. The summed E-state index contributed by atoms with van der Waals surface area (Å²) in [5.41, 5.74) is -1.86. The van der Waals surface area contributed by atoms with Crippen molar-refractivity contribution in [3.63, 3.8) is 0 Å². The van der Waals surface area contributed by atoms with Crippen molar-refractivity contribution in [1.29, 1.82) is 0 Å². The molecule has 2 aromatic rings. The number of anilines is 1. The summed E-state index contributed by atoms with van der Waals surface area (Å²) in [6.07, 6.45) is 8.31. The molecule has 1 unspecified atom stereocenters. The molecule has 4 heterocycles. The standard InChI is InChI=1S/C39H49N3O6/c1-8-47-28-18-16-27(17-19-28)40-22-12-20-38(7)30(33(40)44)31-34(45)42(29(24-43)26-14-10-9-11-15-26)32-35(46)41(23-13-21-39(31,32)48-38)37(5,6)25-36(2,3)4/h9-21,29-32,43H,8,22-25H2,1-7H3/t29-,30-,31+,32?,38+,39+/m1/s1. The normalized spacial score (nSPS) is 29.4. The number of likely N-dealkylation sites (tertiary alicyclic amines) is 1. The van der Waals surface area contributed by atoms with E-state index in [-0.39, 0.29) is 23.1 Å². The van der Waals surface area contributed by atoms with Gasteiger partial charge in [-0.1, -0.05) is 75.4 Å². The van der Waals surface area contributed by atoms with E-state index < -0.39 is 47.3 Å². The van der Waals surface area contributed by atoms with Crippen molar-refractivity contribution in [2.45, 2.75) is 83.7 Å². The quantitative estimate of drug-likeness (QED) is 0.388. The SMILES string of the molecule is CCOc1ccc(N2CC=C[C@]3(C)O[C@]45C=CCN(C(C)(C)CC(C)(C)C)C(=O)C4N([C@H](CO)c4ccccc4)C(=O)[C@@H]5[C@@H]3C2=O)cc1. The van der Waals surface area contributed by atoms with Crippen LogP contribution in [0.25, 0.3) is 0 Å². The number of aliphatic hydroxyl groups is 1. The third-order valence-electron chi connectivity index (χ3n) is 10.3. The highest BCUT2D eigenvalue weighted by molar-refractivity contribution is 6.04. The van der Waals surface area contributed by atoms with E-state index in [1.54, 1.807) is 4.90 Å². The molecule has 2 fully saturated rings. The summed E-state index contributed by atoms with van der Waals surface area (Å²) in [7, 11) is 0. The molecule has 1 N–H and O–H groups in total. The van der Waals surface area contributed by atoms with Crippen molar-refractivity contribution in [2.24, 2.45) is 17.3 Å². The number of amides is 3. The van der Waals surface area contributed by atoms with Gasteiger partial charge in [0.15, 0.2) is 0 Å². The molecule has 48 heavy (non-hydrogen) atoms. The molecule has 2 aromatic carbocycles. The average Bonchev–Trinajstić information content (AvgIpc) is 3.28. The average molecular weight is 656 g/mol. The highest BCUT2D eigenvalue weighted by Gasteiger charge is 2.75. The largest absolute Gasteiger partial charge is 0.494 e. The molecular weight excluding hydrogens is 606 g/mol. The highest BCUT2D eigenvalue weighted by atomic mass is 16.5. The van der Waals surface area contributed by atoms with E-state index in [0.717, 1.165) is 6.42 Å². The fourth-order valence-electron chi connectivity index (χ4n) is 8.89. The third-order valence-corrected chi connectivity index (χ3v) is 10.3. The van der Waals surface area contributed by atoms with Crippen LogP contribution in [-0.4, -0.2) is 81.7 Å². The number of nitrogens with zero attached hydrogens (tertiary/aromatic N) is 3. The van der Waals surface area contributed by atoms with Crippen LogP contribution in [0.15, 0.2) is 78.9 Å². The van der Waals surface area contributed by atoms with Gasteiger partial charge in [-0.15, -0.1) is 0 Å². The van der Waals surface area contributed by atoms with Gasteiger partial charge >= 0.3 is 0 Å². The van der Waals surface area contributed by atoms with Crippen LogP contribution in [0.5, 0.6) is 5.75 Å². The Kier molecular flexibility index (Phi) is 8.61. The minimum absolute atomic E-state index is 0.0745. The molecule has 3 amide bonds. The van der Waals surface area contributed by atoms with Gasteiger partial charge in [0.2, 0.25) is 17.7 Å². The second-order valence-corrected chi connectivity index (χ2v) is 15.5. The van der Waals surface area contributed by atoms with Gasteiger partial charge in [-0.05, 0) is 69.4 Å². The molecule has 9 heteroatoms. The van der Waals surface area contributed by atoms with Gasteiger partial charge in [-0.3, -0.25) is 14.4 Å². The van der Waals surface area contributed by atoms with Gasteiger partial charge in [-0.25, -0.2) is 0 Å². The summed E-state index contributed by atoms with van der Waals surface area (Å²) in [6, 6.07) is 14.7. The Balaban J connectivity index is 1.49. The molecule has 1 spiro atoms. The Morgan fingerprint density at radius 2 is 1.56 bits per heavy atom. The summed E-state index contributed by atoms with van der Waals surface area (Å²) < 4.78 is 12.7. The number of carbonyl (C=O) groups excluding carboxylic acids is 3. The first kappa shape index (κ1) is 33.9. The fourth-order valence-corrected chi connectivity index (χ4v) is 8.89. The van der Waals surface area contributed by atoms with Crippen molar-refractivity contribution < 1.29 is 29.0 Å². The van der Waals surface area contributed by atoms with Crippen LogP contribution in [0, 0.1) is 17.3 Å². The number of benzene rings is 2. The first-order chi connectivity index (χ1) is 22.7. The van der Waals surface area contributed by atoms with Gasteiger partial charge in [0.1, 0.15) is 17.4 Å². The molecule has 4 aliphatic heterocycles. The molecule has 0 aliphatic carbocycles. The van der Waals surface area contributed by atoms with Crippen LogP contribution in [-0.2, 0) is 19.1 Å². The van der Waals surface area contributed by atoms with Gasteiger partial charge in [0.05, 0.1) is 36.7 Å². The zero-order valence-corrected chi connectivity index (χ0v) is 29.2. The molecule has 256 valence electrons. The van der Waals surface area contributed by atoms with E-state index in [9.17, 15) is 9.90 Å². The predicted octanol–water partition coefficient (Wildman–Crippen LogP) is 5.31. The second kappa shape index (κ2) is 12.2. The number of aliphatic hydroxyl groups excluding tert-OH is 1. The van der Waals surface area contributed by atoms with Crippen molar-refractivity contribution in [3.05, 3.63) is 84.5 Å². The maximum absolute atomic E-state index is 15.1. The lowest BCUT2D eigenvalue weighted by Gasteiger charge is -2.45. The molecule has 0 aromatic heterocycles. The Hall–Kier alpha value is -3.95. The Labute approximate surface area is 284 Å². The minimum atomic E-state index is -1.44. The predicted molar refractivity (Wildman–Crippen MR) is 184 cm³/mol. The number of hydrogen-bond donors (Lipinski definition) is 1. The number of fused-ring (bicyclic) bond motifs is 2. The summed E-state index contributed by atoms with van der Waals surface area (Å²) >= 11 is 0. The number of carbonyl (C=O) groups is 3. The van der Waals surface area contributed by atoms with Gasteiger partial charge in [-0.2, -0.15) is 0 Å². The van der Waals surface area contributed by atoms with E-state index >= 15 is 9.59 Å². The monoisotopic (exact) mass is 655 g/mol. The molecule has 0 radical (unpaired) electrons. The van der Waals surface area contributed by atoms with Crippen LogP contribution in [0.3, 0.4) is 0 Å². The van der Waals surface area contributed by atoms with E-state index in [0.29, 0.717) is 36.7 Å². The number of ether oxygens (including phenoxy) is 2. The smallest absolute Gasteiger partial charge is 0.249 e. The molecule has 0 saturated carbocycles. The topological polar surface area (TPSA) is 99.6 Å². The lowest BCUT2D eigenvalue weighted by molar-refractivity contribution is -0.158. The second-order valence-electron chi connectivity index (χ2n) is 15.5. The first-order valence-corrected chi connectivity index (χ1v) is 17.1. The zero-order valence-electron chi connectivity index (χ0n) is 29.2. The zero-order chi connectivity index (χ0) is 34.6. The highest BCUT2D eigenvalue weighted by Crippen LogP contribution is 2.59. The maximum atomic E-state index is 15.1. The molecule has 6 rings (SSSR count). The van der Waals surface area contributed by atoms with Gasteiger partial charge < -0.3 is 29.3 Å². The Morgan fingerprint density at radius 3 is 2.19 bits per heavy atom. The lowest BCUT2D eigenvalue weighted by Crippen LogP contribution is -2.60. The Bertz CT molecular complexity index is 1610. The first-order valence-electron chi connectivity index (χ1n) is 17.1. The van der Waals surface area contributed by atoms with Crippen molar-refractivity contribution in [2.75, 3.05) is 31.2 Å². The van der Waals surface area contributed by atoms with Crippen molar-refractivity contribution in [1.82, 2.24) is 9.80 Å². The van der Waals surface area contributed by atoms with Crippen LogP contribution < -0.4 is 9.64 Å². The Morgan fingerprint density at radius 1 is 0.896 bits per heavy atom. The molecular formula is C39H49N3O6. The molecule has 4 aliphatic rings. The summed E-state index contributed by atoms with van der Waals surface area (Å²) in [5.74, 6) is -2.10.